The fraction of sp³-hybridized carbons (Fsp3) is 0.379. The molecule has 0 unspecified atom stereocenters. The smallest absolute Gasteiger partial charge is 0.255 e. The highest BCUT2D eigenvalue weighted by molar-refractivity contribution is 6.07. The van der Waals surface area contributed by atoms with Gasteiger partial charge in [-0.3, -0.25) is 9.78 Å². The summed E-state index contributed by atoms with van der Waals surface area (Å²) in [5.41, 5.74) is 14.9. The maximum absolute atomic E-state index is 13.3. The van der Waals surface area contributed by atoms with Gasteiger partial charge < -0.3 is 11.1 Å². The molecule has 3 aromatic rings. The lowest BCUT2D eigenvalue weighted by Crippen LogP contribution is -2.18. The van der Waals surface area contributed by atoms with Crippen LogP contribution in [0.2, 0.25) is 0 Å². The lowest BCUT2D eigenvalue weighted by molar-refractivity contribution is 0.102. The molecule has 35 heavy (non-hydrogen) atoms. The zero-order chi connectivity index (χ0) is 24.3. The predicted molar refractivity (Wildman–Crippen MR) is 153 cm³/mol. The number of hydrogen-bond acceptors (Lipinski definition) is 3. The first-order valence-electron chi connectivity index (χ1n) is 11.7. The minimum atomic E-state index is -0.145. The first-order chi connectivity index (χ1) is 15.5. The molecule has 0 fully saturated rings. The van der Waals surface area contributed by atoms with E-state index in [0.29, 0.717) is 18.0 Å². The van der Waals surface area contributed by atoms with Gasteiger partial charge >= 0.3 is 0 Å². The SMILES string of the molecule is Cc1ccc(-c2c(CN)c(CC(C)C)nc(C)c2NC(=O)c2ccc(C(C)(C)C)cc2)cc1.Cl.Cl. The van der Waals surface area contributed by atoms with Crippen molar-refractivity contribution < 1.29 is 4.79 Å². The average molecular weight is 517 g/mol. The normalized spacial score (nSPS) is 11.0. The van der Waals surface area contributed by atoms with Crippen LogP contribution in [0.25, 0.3) is 11.1 Å². The van der Waals surface area contributed by atoms with Crippen LogP contribution in [0.5, 0.6) is 0 Å². The van der Waals surface area contributed by atoms with E-state index in [9.17, 15) is 4.79 Å². The topological polar surface area (TPSA) is 68.0 Å². The van der Waals surface area contributed by atoms with Crippen molar-refractivity contribution in [2.75, 3.05) is 5.32 Å². The van der Waals surface area contributed by atoms with Gasteiger partial charge in [0.1, 0.15) is 0 Å². The zero-order valence-corrected chi connectivity index (χ0v) is 23.5. The summed E-state index contributed by atoms with van der Waals surface area (Å²) in [6, 6.07) is 16.2. The summed E-state index contributed by atoms with van der Waals surface area (Å²) in [5, 5.41) is 3.16. The second kappa shape index (κ2) is 12.5. The molecule has 4 nitrogen and oxygen atoms in total. The van der Waals surface area contributed by atoms with E-state index < -0.39 is 0 Å². The molecule has 190 valence electrons. The van der Waals surface area contributed by atoms with Gasteiger partial charge in [0.2, 0.25) is 0 Å². The summed E-state index contributed by atoms with van der Waals surface area (Å²) in [6.07, 6.45) is 0.842. The van der Waals surface area contributed by atoms with Crippen LogP contribution in [0.4, 0.5) is 5.69 Å². The number of benzene rings is 2. The third-order valence-electron chi connectivity index (χ3n) is 5.96. The fourth-order valence-corrected chi connectivity index (χ4v) is 4.08. The molecule has 3 N–H and O–H groups in total. The molecule has 0 atom stereocenters. The molecular weight excluding hydrogens is 477 g/mol. The van der Waals surface area contributed by atoms with E-state index in [0.717, 1.165) is 40.2 Å². The van der Waals surface area contributed by atoms with Gasteiger partial charge in [-0.2, -0.15) is 0 Å². The minimum absolute atomic E-state index is 0. The Bertz CT molecular complexity index is 1130. The molecule has 6 heteroatoms. The van der Waals surface area contributed by atoms with Crippen molar-refractivity contribution in [1.82, 2.24) is 4.98 Å². The van der Waals surface area contributed by atoms with Crippen molar-refractivity contribution in [3.63, 3.8) is 0 Å². The summed E-state index contributed by atoms with van der Waals surface area (Å²) < 4.78 is 0. The minimum Gasteiger partial charge on any atom is -0.326 e. The summed E-state index contributed by atoms with van der Waals surface area (Å²) in [6.45, 7) is 15.2. The molecule has 1 aromatic heterocycles. The number of aryl methyl sites for hydroxylation is 2. The maximum Gasteiger partial charge on any atom is 0.255 e. The Morgan fingerprint density at radius 3 is 2.03 bits per heavy atom. The predicted octanol–water partition coefficient (Wildman–Crippen LogP) is 7.42. The largest absolute Gasteiger partial charge is 0.326 e. The molecule has 0 aliphatic heterocycles. The lowest BCUT2D eigenvalue weighted by Gasteiger charge is -2.22. The van der Waals surface area contributed by atoms with Gasteiger partial charge in [0.05, 0.1) is 11.4 Å². The number of nitrogens with two attached hydrogens (primary N) is 1. The van der Waals surface area contributed by atoms with Gasteiger partial charge in [-0.15, -0.1) is 24.8 Å². The highest BCUT2D eigenvalue weighted by Gasteiger charge is 2.21. The monoisotopic (exact) mass is 515 g/mol. The van der Waals surface area contributed by atoms with E-state index in [-0.39, 0.29) is 36.1 Å². The van der Waals surface area contributed by atoms with E-state index in [1.807, 2.05) is 31.2 Å². The molecule has 2 aromatic carbocycles. The highest BCUT2D eigenvalue weighted by Crippen LogP contribution is 2.36. The quantitative estimate of drug-likeness (QED) is 0.358. The van der Waals surface area contributed by atoms with Crippen molar-refractivity contribution in [2.45, 2.75) is 66.8 Å². The molecule has 1 amide bonds. The highest BCUT2D eigenvalue weighted by atomic mass is 35.5. The Morgan fingerprint density at radius 1 is 0.971 bits per heavy atom. The molecule has 3 rings (SSSR count). The van der Waals surface area contributed by atoms with E-state index in [1.165, 1.54) is 11.1 Å². The Labute approximate surface area is 223 Å². The number of hydrogen-bond donors (Lipinski definition) is 2. The van der Waals surface area contributed by atoms with E-state index in [1.54, 1.807) is 0 Å². The number of halogens is 2. The van der Waals surface area contributed by atoms with Crippen LogP contribution >= 0.6 is 24.8 Å². The summed E-state index contributed by atoms with van der Waals surface area (Å²) in [4.78, 5) is 18.1. The molecule has 0 aliphatic rings. The van der Waals surface area contributed by atoms with E-state index >= 15 is 0 Å². The Morgan fingerprint density at radius 2 is 1.54 bits per heavy atom. The molecule has 1 heterocycles. The van der Waals surface area contributed by atoms with E-state index in [2.05, 4.69) is 71.1 Å². The van der Waals surface area contributed by atoms with Crippen LogP contribution in [0.3, 0.4) is 0 Å². The van der Waals surface area contributed by atoms with Crippen molar-refractivity contribution in [2.24, 2.45) is 11.7 Å². The van der Waals surface area contributed by atoms with Crippen molar-refractivity contribution in [3.8, 4) is 11.1 Å². The molecule has 0 spiro atoms. The van der Waals surface area contributed by atoms with Gasteiger partial charge in [0, 0.05) is 23.4 Å². The second-order valence-electron chi connectivity index (χ2n) is 10.3. The van der Waals surface area contributed by atoms with Gasteiger partial charge in [-0.1, -0.05) is 76.6 Å². The van der Waals surface area contributed by atoms with E-state index in [4.69, 9.17) is 10.7 Å². The first-order valence-corrected chi connectivity index (χ1v) is 11.7. The molecular formula is C29H39Cl2N3O. The molecule has 0 bridgehead atoms. The van der Waals surface area contributed by atoms with Crippen molar-refractivity contribution >= 4 is 36.4 Å². The Kier molecular flexibility index (Phi) is 11.0. The number of amides is 1. The van der Waals surface area contributed by atoms with Gasteiger partial charge in [0.15, 0.2) is 0 Å². The van der Waals surface area contributed by atoms with Crippen LogP contribution < -0.4 is 11.1 Å². The molecule has 0 saturated heterocycles. The number of nitrogens with one attached hydrogen (secondary N) is 1. The fourth-order valence-electron chi connectivity index (χ4n) is 4.08. The molecule has 0 aliphatic carbocycles. The molecule has 0 saturated carbocycles. The third kappa shape index (κ3) is 7.30. The van der Waals surface area contributed by atoms with Crippen LogP contribution in [0, 0.1) is 19.8 Å². The van der Waals surface area contributed by atoms with Crippen LogP contribution in [0.1, 0.15) is 73.1 Å². The summed E-state index contributed by atoms with van der Waals surface area (Å²) in [5.74, 6) is 0.308. The third-order valence-corrected chi connectivity index (χ3v) is 5.96. The number of nitrogens with zero attached hydrogens (tertiary/aromatic N) is 1. The standard InChI is InChI=1S/C29H37N3O.2ClH/c1-18(2)16-25-24(17-30)26(21-10-8-19(3)9-11-21)27(20(4)31-25)32-28(33)22-12-14-23(15-13-22)29(5,6)7;;/h8-15,18H,16-17,30H2,1-7H3,(H,32,33);2*1H. The Balaban J connectivity index is 0.00000306. The number of carbonyl (C=O) groups excluding carboxylic acids is 1. The van der Waals surface area contributed by atoms with Crippen LogP contribution in [-0.2, 0) is 18.4 Å². The number of aromatic nitrogens is 1. The van der Waals surface area contributed by atoms with Crippen LogP contribution in [0.15, 0.2) is 48.5 Å². The van der Waals surface area contributed by atoms with Crippen LogP contribution in [-0.4, -0.2) is 10.9 Å². The van der Waals surface area contributed by atoms with Crippen molar-refractivity contribution in [3.05, 3.63) is 82.2 Å². The summed E-state index contributed by atoms with van der Waals surface area (Å²) >= 11 is 0. The lowest BCUT2D eigenvalue weighted by atomic mass is 9.86. The average Bonchev–Trinajstić information content (AvgIpc) is 2.75. The van der Waals surface area contributed by atoms with Crippen molar-refractivity contribution in [1.29, 1.82) is 0 Å². The Hall–Kier alpha value is -2.40. The van der Waals surface area contributed by atoms with Gasteiger partial charge in [-0.25, -0.2) is 0 Å². The number of anilines is 1. The number of carbonyl (C=O) groups is 1. The second-order valence-corrected chi connectivity index (χ2v) is 10.3. The maximum atomic E-state index is 13.3. The van der Waals surface area contributed by atoms with Gasteiger partial charge in [-0.05, 0) is 60.4 Å². The molecule has 0 radical (unpaired) electrons. The summed E-state index contributed by atoms with van der Waals surface area (Å²) in [7, 11) is 0. The number of pyridine rings is 1. The zero-order valence-electron chi connectivity index (χ0n) is 21.9. The first kappa shape index (κ1) is 30.6. The number of rotatable bonds is 6. The van der Waals surface area contributed by atoms with Gasteiger partial charge in [0.25, 0.3) is 5.91 Å².